The van der Waals surface area contributed by atoms with Crippen LogP contribution in [0.2, 0.25) is 0 Å². The number of para-hydroxylation sites is 1. The Morgan fingerprint density at radius 3 is 2.24 bits per heavy atom. The van der Waals surface area contributed by atoms with Crippen LogP contribution in [-0.2, 0) is 4.74 Å². The number of piperazine rings is 1. The van der Waals surface area contributed by atoms with E-state index in [1.807, 2.05) is 42.5 Å². The van der Waals surface area contributed by atoms with Crippen LogP contribution >= 0.6 is 0 Å². The third-order valence-corrected chi connectivity index (χ3v) is 8.58. The van der Waals surface area contributed by atoms with Crippen molar-refractivity contribution in [2.24, 2.45) is 5.73 Å². The molecule has 0 atom stereocenters. The maximum Gasteiger partial charge on any atom is 0.146 e. The van der Waals surface area contributed by atoms with Gasteiger partial charge in [-0.25, -0.2) is 9.97 Å². The maximum absolute atomic E-state index is 6.43. The molecule has 41 heavy (non-hydrogen) atoms. The third kappa shape index (κ3) is 6.38. The lowest BCUT2D eigenvalue weighted by Gasteiger charge is -2.42. The summed E-state index contributed by atoms with van der Waals surface area (Å²) in [5.74, 6) is 2.14. The summed E-state index contributed by atoms with van der Waals surface area (Å²) in [4.78, 5) is 14.3. The maximum atomic E-state index is 6.43. The Kier molecular flexibility index (Phi) is 8.77. The number of anilines is 1. The Balaban J connectivity index is 1.11. The van der Waals surface area contributed by atoms with Crippen LogP contribution in [0.25, 0.3) is 22.2 Å². The van der Waals surface area contributed by atoms with Gasteiger partial charge in [0.25, 0.3) is 0 Å². The fraction of sp³-hybridized carbons (Fsp3) is 0.438. The van der Waals surface area contributed by atoms with E-state index in [2.05, 4.69) is 37.7 Å². The monoisotopic (exact) mass is 555 g/mol. The molecule has 3 heterocycles. The highest BCUT2D eigenvalue weighted by Crippen LogP contribution is 2.39. The highest BCUT2D eigenvalue weighted by molar-refractivity contribution is 6.00. The van der Waals surface area contributed by atoms with Crippen molar-refractivity contribution in [2.45, 2.75) is 37.8 Å². The molecule has 0 bridgehead atoms. The first-order valence-electron chi connectivity index (χ1n) is 14.9. The number of ether oxygens (including phenoxy) is 2. The van der Waals surface area contributed by atoms with Crippen molar-refractivity contribution in [1.82, 2.24) is 24.3 Å². The summed E-state index contributed by atoms with van der Waals surface area (Å²) < 4.78 is 13.9. The zero-order chi connectivity index (χ0) is 28.0. The van der Waals surface area contributed by atoms with E-state index >= 15 is 0 Å². The second-order valence-corrected chi connectivity index (χ2v) is 11.1. The number of benzene rings is 2. The molecule has 0 radical (unpaired) electrons. The van der Waals surface area contributed by atoms with Crippen LogP contribution in [0.5, 0.6) is 11.5 Å². The number of nitrogens with two attached hydrogens (primary N) is 2. The second-order valence-electron chi connectivity index (χ2n) is 11.1. The molecule has 0 spiro atoms. The number of fused-ring (bicyclic) bond motifs is 1. The largest absolute Gasteiger partial charge is 0.457 e. The number of hydrogen-bond donors (Lipinski definition) is 2. The minimum atomic E-state index is 0.401. The van der Waals surface area contributed by atoms with E-state index in [0.29, 0.717) is 31.1 Å². The van der Waals surface area contributed by atoms with Gasteiger partial charge in [-0.2, -0.15) is 0 Å². The van der Waals surface area contributed by atoms with Gasteiger partial charge in [-0.15, -0.1) is 0 Å². The molecule has 2 aromatic heterocycles. The summed E-state index contributed by atoms with van der Waals surface area (Å²) in [6.07, 6.45) is 8.49. The molecular formula is C32H41N7O2. The van der Waals surface area contributed by atoms with Crippen molar-refractivity contribution < 1.29 is 9.47 Å². The summed E-state index contributed by atoms with van der Waals surface area (Å²) in [6, 6.07) is 19.1. The highest BCUT2D eigenvalue weighted by atomic mass is 16.5. The molecule has 0 amide bonds. The first-order valence-corrected chi connectivity index (χ1v) is 14.9. The van der Waals surface area contributed by atoms with Crippen molar-refractivity contribution in [3.63, 3.8) is 0 Å². The Hall–Kier alpha value is -3.50. The quantitative estimate of drug-likeness (QED) is 0.275. The molecule has 9 nitrogen and oxygen atoms in total. The molecule has 1 saturated carbocycles. The average molecular weight is 556 g/mol. The van der Waals surface area contributed by atoms with E-state index in [4.69, 9.17) is 25.9 Å². The molecular weight excluding hydrogens is 514 g/mol. The Morgan fingerprint density at radius 2 is 1.51 bits per heavy atom. The summed E-state index contributed by atoms with van der Waals surface area (Å²) in [5, 5.41) is 0.929. The Morgan fingerprint density at radius 1 is 0.805 bits per heavy atom. The molecule has 2 fully saturated rings. The fourth-order valence-corrected chi connectivity index (χ4v) is 6.37. The lowest BCUT2D eigenvalue weighted by atomic mass is 9.89. The molecule has 2 aliphatic rings. The molecule has 1 aliphatic carbocycles. The van der Waals surface area contributed by atoms with Crippen molar-refractivity contribution >= 4 is 16.9 Å². The van der Waals surface area contributed by atoms with E-state index in [-0.39, 0.29) is 0 Å². The van der Waals surface area contributed by atoms with Crippen LogP contribution in [0.1, 0.15) is 31.7 Å². The first-order chi connectivity index (χ1) is 20.2. The number of nitrogen functional groups attached to an aromatic ring is 1. The highest BCUT2D eigenvalue weighted by Gasteiger charge is 2.30. The van der Waals surface area contributed by atoms with Gasteiger partial charge in [0.2, 0.25) is 0 Å². The smallest absolute Gasteiger partial charge is 0.146 e. The van der Waals surface area contributed by atoms with E-state index in [1.165, 1.54) is 12.8 Å². The van der Waals surface area contributed by atoms with E-state index < -0.39 is 0 Å². The zero-order valence-corrected chi connectivity index (χ0v) is 23.7. The molecule has 4 aromatic rings. The van der Waals surface area contributed by atoms with Gasteiger partial charge in [-0.05, 0) is 55.5 Å². The molecule has 9 heteroatoms. The SMILES string of the molecule is NCCOCCN1CCN(C2CCC(n3cc(-c4ccc(Oc5ccccc5)cc4)c4c(N)ncnc43)CC2)CC1. The molecule has 1 saturated heterocycles. The summed E-state index contributed by atoms with van der Waals surface area (Å²) in [7, 11) is 0. The topological polar surface area (TPSA) is 108 Å². The number of hydrogen-bond acceptors (Lipinski definition) is 8. The molecule has 1 aliphatic heterocycles. The van der Waals surface area contributed by atoms with Crippen molar-refractivity contribution in [3.05, 3.63) is 67.1 Å². The summed E-state index contributed by atoms with van der Waals surface area (Å²) in [6.45, 7) is 7.51. The summed E-state index contributed by atoms with van der Waals surface area (Å²) >= 11 is 0. The molecule has 0 unspecified atom stereocenters. The molecule has 4 N–H and O–H groups in total. The lowest BCUT2D eigenvalue weighted by molar-refractivity contribution is 0.0504. The van der Waals surface area contributed by atoms with Crippen molar-refractivity contribution in [1.29, 1.82) is 0 Å². The standard InChI is InChI=1S/C32H41N7O2/c33-14-20-40-21-19-37-15-17-38(18-16-37)25-8-10-26(11-9-25)39-22-29(30-31(34)35-23-36-32(30)39)24-6-12-28(13-7-24)41-27-4-2-1-3-5-27/h1-7,12-13,22-23,25-26H,8-11,14-21,33H2,(H2,34,35,36). The predicted molar refractivity (Wildman–Crippen MR) is 163 cm³/mol. The molecule has 2 aromatic carbocycles. The van der Waals surface area contributed by atoms with E-state index in [1.54, 1.807) is 6.33 Å². The van der Waals surface area contributed by atoms with E-state index in [0.717, 1.165) is 85.8 Å². The average Bonchev–Trinajstić information content (AvgIpc) is 3.42. The van der Waals surface area contributed by atoms with Gasteiger partial charge in [0, 0.05) is 63.1 Å². The second kappa shape index (κ2) is 13.0. The Bertz CT molecular complexity index is 1390. The zero-order valence-electron chi connectivity index (χ0n) is 23.7. The minimum absolute atomic E-state index is 0.401. The van der Waals surface area contributed by atoms with Crippen LogP contribution in [-0.4, -0.2) is 82.9 Å². The number of rotatable bonds is 10. The van der Waals surface area contributed by atoms with Gasteiger partial charge in [-0.3, -0.25) is 9.80 Å². The van der Waals surface area contributed by atoms with Gasteiger partial charge < -0.3 is 25.5 Å². The Labute approximate surface area is 242 Å². The van der Waals surface area contributed by atoms with E-state index in [9.17, 15) is 0 Å². The molecule has 6 rings (SSSR count). The van der Waals surface area contributed by atoms with Gasteiger partial charge in [0.1, 0.15) is 29.3 Å². The number of nitrogens with zero attached hydrogens (tertiary/aromatic N) is 5. The minimum Gasteiger partial charge on any atom is -0.457 e. The van der Waals surface area contributed by atoms with Crippen molar-refractivity contribution in [2.75, 3.05) is 58.2 Å². The fourth-order valence-electron chi connectivity index (χ4n) is 6.37. The number of aromatic nitrogens is 3. The van der Waals surface area contributed by atoms with Crippen LogP contribution in [0, 0.1) is 0 Å². The van der Waals surface area contributed by atoms with Crippen LogP contribution in [0.4, 0.5) is 5.82 Å². The third-order valence-electron chi connectivity index (χ3n) is 8.58. The van der Waals surface area contributed by atoms with Gasteiger partial charge in [0.15, 0.2) is 0 Å². The molecule has 216 valence electrons. The van der Waals surface area contributed by atoms with Crippen LogP contribution in [0.3, 0.4) is 0 Å². The predicted octanol–water partition coefficient (Wildman–Crippen LogP) is 4.55. The van der Waals surface area contributed by atoms with Crippen LogP contribution in [0.15, 0.2) is 67.1 Å². The van der Waals surface area contributed by atoms with Gasteiger partial charge in [0.05, 0.1) is 18.6 Å². The van der Waals surface area contributed by atoms with Crippen LogP contribution < -0.4 is 16.2 Å². The lowest BCUT2D eigenvalue weighted by Crippen LogP contribution is -2.51. The first kappa shape index (κ1) is 27.7. The summed E-state index contributed by atoms with van der Waals surface area (Å²) in [5.41, 5.74) is 15.0. The van der Waals surface area contributed by atoms with Crippen molar-refractivity contribution in [3.8, 4) is 22.6 Å². The van der Waals surface area contributed by atoms with Gasteiger partial charge in [-0.1, -0.05) is 30.3 Å². The van der Waals surface area contributed by atoms with Gasteiger partial charge >= 0.3 is 0 Å². The normalized spacial score (nSPS) is 20.4.